The Labute approximate surface area is 235 Å². The van der Waals surface area contributed by atoms with E-state index >= 15 is 0 Å². The number of aliphatic hydroxyl groups excluding tert-OH is 1. The van der Waals surface area contributed by atoms with Crippen LogP contribution in [0.2, 0.25) is 0 Å². The molecule has 0 radical (unpaired) electrons. The first-order chi connectivity index (χ1) is 19.1. The van der Waals surface area contributed by atoms with Crippen LogP contribution in [0.1, 0.15) is 54.6 Å². The second kappa shape index (κ2) is 10.5. The summed E-state index contributed by atoms with van der Waals surface area (Å²) < 4.78 is 6.08. The van der Waals surface area contributed by atoms with Crippen molar-refractivity contribution < 1.29 is 19.4 Å². The second-order valence-corrected chi connectivity index (χ2v) is 11.2. The minimum atomic E-state index is -0.849. The second-order valence-electron chi connectivity index (χ2n) is 11.2. The summed E-state index contributed by atoms with van der Waals surface area (Å²) in [4.78, 5) is 28.9. The zero-order chi connectivity index (χ0) is 28.6. The SMILES string of the molecule is Cc1ccc(C(C)(C)C)cc1/C(O)=C1\C(=O)C(=O)N(c2ccccc2C)C1c1cccc(Oc2ccccc2)c1. The van der Waals surface area contributed by atoms with Gasteiger partial charge >= 0.3 is 0 Å². The Morgan fingerprint density at radius 1 is 0.775 bits per heavy atom. The van der Waals surface area contributed by atoms with Gasteiger partial charge in [0.2, 0.25) is 0 Å². The fourth-order valence-electron chi connectivity index (χ4n) is 5.09. The Balaban J connectivity index is 1.72. The number of hydrogen-bond donors (Lipinski definition) is 1. The Kier molecular flexibility index (Phi) is 7.07. The van der Waals surface area contributed by atoms with Crippen molar-refractivity contribution in [2.75, 3.05) is 4.90 Å². The van der Waals surface area contributed by atoms with Crippen molar-refractivity contribution >= 4 is 23.1 Å². The molecule has 0 spiro atoms. The predicted molar refractivity (Wildman–Crippen MR) is 159 cm³/mol. The van der Waals surface area contributed by atoms with Crippen LogP contribution in [0.3, 0.4) is 0 Å². The lowest BCUT2D eigenvalue weighted by atomic mass is 9.84. The molecule has 1 amide bonds. The van der Waals surface area contributed by atoms with E-state index in [1.165, 1.54) is 4.90 Å². The molecule has 40 heavy (non-hydrogen) atoms. The molecule has 4 aromatic carbocycles. The number of aryl methyl sites for hydroxylation is 2. The highest BCUT2D eigenvalue weighted by atomic mass is 16.5. The lowest BCUT2D eigenvalue weighted by Gasteiger charge is -2.27. The number of para-hydroxylation sites is 2. The number of nitrogens with zero attached hydrogens (tertiary/aromatic N) is 1. The van der Waals surface area contributed by atoms with Crippen LogP contribution in [0.4, 0.5) is 5.69 Å². The van der Waals surface area contributed by atoms with Gasteiger partial charge in [-0.1, -0.05) is 81.4 Å². The van der Waals surface area contributed by atoms with Gasteiger partial charge in [-0.05, 0) is 77.9 Å². The predicted octanol–water partition coefficient (Wildman–Crippen LogP) is 8.02. The molecule has 1 atom stereocenters. The molecule has 202 valence electrons. The van der Waals surface area contributed by atoms with E-state index in [0.717, 1.165) is 16.7 Å². The molecule has 1 aliphatic rings. The van der Waals surface area contributed by atoms with Crippen molar-refractivity contribution in [3.63, 3.8) is 0 Å². The first kappa shape index (κ1) is 26.9. The van der Waals surface area contributed by atoms with E-state index in [2.05, 4.69) is 20.8 Å². The topological polar surface area (TPSA) is 66.8 Å². The molecule has 0 aromatic heterocycles. The summed E-state index contributed by atoms with van der Waals surface area (Å²) in [7, 11) is 0. The van der Waals surface area contributed by atoms with E-state index in [4.69, 9.17) is 4.74 Å². The van der Waals surface area contributed by atoms with Crippen molar-refractivity contribution in [3.8, 4) is 11.5 Å². The molecule has 5 heteroatoms. The monoisotopic (exact) mass is 531 g/mol. The lowest BCUT2D eigenvalue weighted by molar-refractivity contribution is -0.132. The van der Waals surface area contributed by atoms with E-state index in [1.54, 1.807) is 0 Å². The minimum absolute atomic E-state index is 0.0549. The van der Waals surface area contributed by atoms with Crippen LogP contribution in [-0.2, 0) is 15.0 Å². The summed E-state index contributed by atoms with van der Waals surface area (Å²) in [6, 6.07) is 29.2. The van der Waals surface area contributed by atoms with Crippen molar-refractivity contribution in [2.24, 2.45) is 0 Å². The van der Waals surface area contributed by atoms with E-state index < -0.39 is 17.7 Å². The number of ether oxygens (including phenoxy) is 1. The highest BCUT2D eigenvalue weighted by Crippen LogP contribution is 2.44. The van der Waals surface area contributed by atoms with Gasteiger partial charge in [0.15, 0.2) is 0 Å². The normalized spacial score (nSPS) is 16.8. The average molecular weight is 532 g/mol. The summed E-state index contributed by atoms with van der Waals surface area (Å²) in [6.07, 6.45) is 0. The minimum Gasteiger partial charge on any atom is -0.507 e. The molecule has 0 aliphatic carbocycles. The van der Waals surface area contributed by atoms with E-state index in [9.17, 15) is 14.7 Å². The quantitative estimate of drug-likeness (QED) is 0.161. The van der Waals surface area contributed by atoms with Crippen molar-refractivity contribution in [1.82, 2.24) is 0 Å². The van der Waals surface area contributed by atoms with Crippen LogP contribution in [0.25, 0.3) is 5.76 Å². The fourth-order valence-corrected chi connectivity index (χ4v) is 5.09. The van der Waals surface area contributed by atoms with Gasteiger partial charge in [-0.25, -0.2) is 0 Å². The Morgan fingerprint density at radius 3 is 2.15 bits per heavy atom. The number of hydrogen-bond acceptors (Lipinski definition) is 4. The third-order valence-corrected chi connectivity index (χ3v) is 7.33. The van der Waals surface area contributed by atoms with Gasteiger partial charge in [0.25, 0.3) is 11.7 Å². The molecule has 1 saturated heterocycles. The summed E-state index contributed by atoms with van der Waals surface area (Å²) in [5.41, 5.74) is 4.37. The summed E-state index contributed by atoms with van der Waals surface area (Å²) in [5.74, 6) is -0.356. The van der Waals surface area contributed by atoms with Crippen molar-refractivity contribution in [1.29, 1.82) is 0 Å². The van der Waals surface area contributed by atoms with Gasteiger partial charge in [0.1, 0.15) is 17.3 Å². The van der Waals surface area contributed by atoms with Gasteiger partial charge < -0.3 is 9.84 Å². The van der Waals surface area contributed by atoms with Crippen LogP contribution in [0.5, 0.6) is 11.5 Å². The third kappa shape index (κ3) is 5.03. The third-order valence-electron chi connectivity index (χ3n) is 7.33. The van der Waals surface area contributed by atoms with Crippen molar-refractivity contribution in [2.45, 2.75) is 46.1 Å². The Hall–Kier alpha value is -4.64. The number of ketones is 1. The van der Waals surface area contributed by atoms with Crippen LogP contribution >= 0.6 is 0 Å². The van der Waals surface area contributed by atoms with Crippen LogP contribution in [-0.4, -0.2) is 16.8 Å². The largest absolute Gasteiger partial charge is 0.507 e. The number of amides is 1. The first-order valence-electron chi connectivity index (χ1n) is 13.4. The maximum atomic E-state index is 13.7. The highest BCUT2D eigenvalue weighted by molar-refractivity contribution is 6.51. The Morgan fingerprint density at radius 2 is 1.45 bits per heavy atom. The summed E-state index contributed by atoms with van der Waals surface area (Å²) in [5, 5.41) is 11.8. The van der Waals surface area contributed by atoms with Gasteiger partial charge in [-0.15, -0.1) is 0 Å². The van der Waals surface area contributed by atoms with Gasteiger partial charge in [-0.2, -0.15) is 0 Å². The number of anilines is 1. The first-order valence-corrected chi connectivity index (χ1v) is 13.4. The standard InChI is InChI=1S/C35H33NO4/c1-22-18-19-25(35(3,4)5)21-28(22)32(37)30-31(36(34(39)33(30)38)29-17-10-9-12-23(29)2)24-13-11-16-27(20-24)40-26-14-7-6-8-15-26/h6-21,31,37H,1-5H3/b32-30+. The van der Waals surface area contributed by atoms with E-state index in [0.29, 0.717) is 28.3 Å². The average Bonchev–Trinajstić information content (AvgIpc) is 3.19. The molecular formula is C35H33NO4. The zero-order valence-electron chi connectivity index (χ0n) is 23.4. The number of benzene rings is 4. The number of Topliss-reactive ketones (excluding diaryl/α,β-unsaturated/α-hetero) is 1. The molecule has 1 aliphatic heterocycles. The Bertz CT molecular complexity index is 1630. The van der Waals surface area contributed by atoms with Gasteiger partial charge in [0, 0.05) is 11.3 Å². The number of carbonyl (C=O) groups is 2. The zero-order valence-corrected chi connectivity index (χ0v) is 23.4. The van der Waals surface area contributed by atoms with Crippen molar-refractivity contribution in [3.05, 3.63) is 130 Å². The smallest absolute Gasteiger partial charge is 0.300 e. The lowest BCUT2D eigenvalue weighted by Crippen LogP contribution is -2.30. The number of carbonyl (C=O) groups excluding carboxylic acids is 2. The summed E-state index contributed by atoms with van der Waals surface area (Å²) in [6.45, 7) is 10.1. The molecule has 5 nitrogen and oxygen atoms in total. The molecule has 1 fully saturated rings. The molecule has 1 heterocycles. The maximum absolute atomic E-state index is 13.7. The fraction of sp³-hybridized carbons (Fsp3) is 0.200. The highest BCUT2D eigenvalue weighted by Gasteiger charge is 2.47. The van der Waals surface area contributed by atoms with Gasteiger partial charge in [-0.3, -0.25) is 14.5 Å². The van der Waals surface area contributed by atoms with Gasteiger partial charge in [0.05, 0.1) is 11.6 Å². The number of rotatable bonds is 5. The molecule has 4 aromatic rings. The molecule has 0 saturated carbocycles. The molecule has 5 rings (SSSR count). The van der Waals surface area contributed by atoms with Crippen LogP contribution < -0.4 is 9.64 Å². The molecular weight excluding hydrogens is 498 g/mol. The maximum Gasteiger partial charge on any atom is 0.300 e. The van der Waals surface area contributed by atoms with E-state index in [1.807, 2.05) is 111 Å². The number of aliphatic hydroxyl groups is 1. The molecule has 1 N–H and O–H groups in total. The molecule has 0 bridgehead atoms. The van der Waals surface area contributed by atoms with E-state index in [-0.39, 0.29) is 16.7 Å². The summed E-state index contributed by atoms with van der Waals surface area (Å²) >= 11 is 0. The van der Waals surface area contributed by atoms with Crippen LogP contribution in [0.15, 0.2) is 103 Å². The van der Waals surface area contributed by atoms with Crippen LogP contribution in [0, 0.1) is 13.8 Å². The molecule has 1 unspecified atom stereocenters.